The van der Waals surface area contributed by atoms with E-state index in [0.717, 1.165) is 0 Å². The second-order valence-electron chi connectivity index (χ2n) is 7.58. The van der Waals surface area contributed by atoms with E-state index >= 15 is 0 Å². The van der Waals surface area contributed by atoms with Gasteiger partial charge in [-0.2, -0.15) is 0 Å². The number of carbonyl (C=O) groups is 2. The van der Waals surface area contributed by atoms with E-state index in [1.807, 2.05) is 30.3 Å². The topological polar surface area (TPSA) is 128 Å². The highest BCUT2D eigenvalue weighted by Gasteiger charge is 2.14. The maximum absolute atomic E-state index is 12.9. The minimum atomic E-state index is -0.298. The summed E-state index contributed by atoms with van der Waals surface area (Å²) >= 11 is 0. The summed E-state index contributed by atoms with van der Waals surface area (Å²) in [7, 11) is 0. The molecule has 0 saturated carbocycles. The fourth-order valence-electron chi connectivity index (χ4n) is 3.34. The first-order valence-corrected chi connectivity index (χ1v) is 11.4. The fraction of sp³-hybridized carbons (Fsp3) is 0.192. The van der Waals surface area contributed by atoms with Crippen LogP contribution in [0.4, 0.5) is 5.69 Å². The summed E-state index contributed by atoms with van der Waals surface area (Å²) in [6, 6.07) is 21.2. The van der Waals surface area contributed by atoms with Crippen LogP contribution in [0.15, 0.2) is 72.8 Å². The number of aromatic nitrogens is 4. The molecule has 0 radical (unpaired) electrons. The maximum Gasteiger partial charge on any atom is 0.305 e. The van der Waals surface area contributed by atoms with Crippen LogP contribution in [0.3, 0.4) is 0 Å². The Morgan fingerprint density at radius 1 is 0.944 bits per heavy atom. The molecule has 0 aliphatic carbocycles. The molecule has 4 rings (SSSR count). The van der Waals surface area contributed by atoms with Gasteiger partial charge in [0.1, 0.15) is 11.5 Å². The Hall–Kier alpha value is -4.73. The molecule has 184 valence electrons. The third-order valence-electron chi connectivity index (χ3n) is 5.06. The second kappa shape index (κ2) is 12.1. The molecule has 0 fully saturated rings. The predicted octanol–water partition coefficient (Wildman–Crippen LogP) is 4.63. The van der Waals surface area contributed by atoms with Crippen molar-refractivity contribution in [2.24, 2.45) is 0 Å². The van der Waals surface area contributed by atoms with E-state index in [-0.39, 0.29) is 11.9 Å². The van der Waals surface area contributed by atoms with Gasteiger partial charge >= 0.3 is 5.97 Å². The first-order valence-electron chi connectivity index (χ1n) is 11.4. The van der Waals surface area contributed by atoms with Crippen molar-refractivity contribution in [1.82, 2.24) is 20.6 Å². The number of amides is 1. The van der Waals surface area contributed by atoms with Crippen LogP contribution in [0, 0.1) is 0 Å². The average molecular weight is 488 g/mol. The highest BCUT2D eigenvalue weighted by molar-refractivity contribution is 6.05. The molecule has 2 N–H and O–H groups in total. The summed E-state index contributed by atoms with van der Waals surface area (Å²) in [6.07, 6.45) is 0.851. The largest absolute Gasteiger partial charge is 0.494 e. The van der Waals surface area contributed by atoms with Crippen molar-refractivity contribution >= 4 is 17.6 Å². The summed E-state index contributed by atoms with van der Waals surface area (Å²) in [5, 5.41) is 16.8. The van der Waals surface area contributed by atoms with Gasteiger partial charge in [-0.3, -0.25) is 9.59 Å². The Morgan fingerprint density at radius 2 is 1.69 bits per heavy atom. The number of hydrogen-bond donors (Lipinski definition) is 2. The van der Waals surface area contributed by atoms with Crippen LogP contribution in [-0.2, 0) is 9.53 Å². The molecular weight excluding hydrogens is 462 g/mol. The van der Waals surface area contributed by atoms with Gasteiger partial charge in [-0.1, -0.05) is 24.3 Å². The molecule has 0 aliphatic rings. The quantitative estimate of drug-likeness (QED) is 0.231. The first-order chi connectivity index (χ1) is 17.6. The van der Waals surface area contributed by atoms with E-state index in [1.54, 1.807) is 49.4 Å². The molecule has 1 amide bonds. The lowest BCUT2D eigenvalue weighted by Gasteiger charge is -2.14. The molecule has 3 aromatic carbocycles. The predicted molar refractivity (Wildman–Crippen MR) is 132 cm³/mol. The summed E-state index contributed by atoms with van der Waals surface area (Å²) < 4.78 is 16.7. The molecule has 0 saturated heterocycles. The van der Waals surface area contributed by atoms with Crippen LogP contribution in [0.1, 0.15) is 30.1 Å². The Balaban J connectivity index is 1.38. The molecule has 0 spiro atoms. The van der Waals surface area contributed by atoms with E-state index in [4.69, 9.17) is 14.2 Å². The van der Waals surface area contributed by atoms with Gasteiger partial charge in [0.15, 0.2) is 11.6 Å². The minimum Gasteiger partial charge on any atom is -0.494 e. The summed E-state index contributed by atoms with van der Waals surface area (Å²) in [6.45, 7) is 2.52. The zero-order valence-corrected chi connectivity index (χ0v) is 19.6. The lowest BCUT2D eigenvalue weighted by atomic mass is 10.2. The number of tetrazole rings is 1. The van der Waals surface area contributed by atoms with Crippen molar-refractivity contribution < 1.29 is 23.8 Å². The molecule has 10 heteroatoms. The van der Waals surface area contributed by atoms with E-state index in [1.165, 1.54) is 0 Å². The minimum absolute atomic E-state index is 0.240. The first kappa shape index (κ1) is 24.4. The van der Waals surface area contributed by atoms with E-state index in [9.17, 15) is 9.59 Å². The van der Waals surface area contributed by atoms with E-state index < -0.39 is 0 Å². The Kier molecular flexibility index (Phi) is 8.21. The average Bonchev–Trinajstić information content (AvgIpc) is 3.43. The number of nitrogens with one attached hydrogen (secondary N) is 2. The zero-order valence-electron chi connectivity index (χ0n) is 19.6. The molecule has 0 atom stereocenters. The number of aromatic amines is 1. The van der Waals surface area contributed by atoms with Gasteiger partial charge in [0, 0.05) is 12.0 Å². The van der Waals surface area contributed by atoms with Gasteiger partial charge < -0.3 is 19.5 Å². The molecule has 0 aliphatic heterocycles. The molecule has 10 nitrogen and oxygen atoms in total. The number of H-pyrrole nitrogens is 1. The number of nitrogens with zero attached hydrogens (tertiary/aromatic N) is 3. The molecule has 0 unspecified atom stereocenters. The van der Waals surface area contributed by atoms with Crippen molar-refractivity contribution in [2.45, 2.75) is 19.8 Å². The number of carbonyl (C=O) groups excluding carboxylic acids is 2. The van der Waals surface area contributed by atoms with Gasteiger partial charge in [-0.15, -0.1) is 5.10 Å². The molecule has 1 aromatic heterocycles. The lowest BCUT2D eigenvalue weighted by Crippen LogP contribution is -2.12. The number of ether oxygens (including phenoxy) is 3. The van der Waals surface area contributed by atoms with Crippen LogP contribution in [-0.4, -0.2) is 45.7 Å². The van der Waals surface area contributed by atoms with Gasteiger partial charge in [-0.05, 0) is 72.3 Å². The number of benzene rings is 3. The standard InChI is InChI=1S/C26H25N5O5/c1-2-34-24(32)12-7-17-35-19-15-13-18(14-16-19)26(33)27-21-9-4-6-11-23(21)36-22-10-5-3-8-20(22)25-28-30-31-29-25/h3-6,8-11,13-16H,2,7,12,17H2,1H3,(H,27,33)(H,28,29,30,31). The molecular formula is C26H25N5O5. The van der Waals surface area contributed by atoms with E-state index in [0.29, 0.717) is 65.9 Å². The van der Waals surface area contributed by atoms with Crippen LogP contribution in [0.2, 0.25) is 0 Å². The highest BCUT2D eigenvalue weighted by atomic mass is 16.5. The van der Waals surface area contributed by atoms with E-state index in [2.05, 4.69) is 25.9 Å². The fourth-order valence-corrected chi connectivity index (χ4v) is 3.34. The van der Waals surface area contributed by atoms with Crippen LogP contribution in [0.25, 0.3) is 11.4 Å². The Labute approximate surface area is 207 Å². The summed E-state index contributed by atoms with van der Waals surface area (Å²) in [5.74, 6) is 1.53. The number of para-hydroxylation sites is 3. The third-order valence-corrected chi connectivity index (χ3v) is 5.06. The monoisotopic (exact) mass is 487 g/mol. The lowest BCUT2D eigenvalue weighted by molar-refractivity contribution is -0.143. The summed E-state index contributed by atoms with van der Waals surface area (Å²) in [5.41, 5.74) is 1.64. The maximum atomic E-state index is 12.9. The molecule has 4 aromatic rings. The molecule has 36 heavy (non-hydrogen) atoms. The normalized spacial score (nSPS) is 10.5. The summed E-state index contributed by atoms with van der Waals surface area (Å²) in [4.78, 5) is 24.3. The highest BCUT2D eigenvalue weighted by Crippen LogP contribution is 2.34. The van der Waals surface area contributed by atoms with Crippen LogP contribution < -0.4 is 14.8 Å². The van der Waals surface area contributed by atoms with Gasteiger partial charge in [0.25, 0.3) is 5.91 Å². The van der Waals surface area contributed by atoms with Gasteiger partial charge in [0.05, 0.1) is 24.5 Å². The second-order valence-corrected chi connectivity index (χ2v) is 7.58. The van der Waals surface area contributed by atoms with Crippen molar-refractivity contribution in [3.05, 3.63) is 78.4 Å². The SMILES string of the molecule is CCOC(=O)CCCOc1ccc(C(=O)Nc2ccccc2Oc2ccccc2-c2nnn[nH]2)cc1. The van der Waals surface area contributed by atoms with Crippen molar-refractivity contribution in [1.29, 1.82) is 0 Å². The number of anilines is 1. The number of esters is 1. The smallest absolute Gasteiger partial charge is 0.305 e. The number of rotatable bonds is 11. The Bertz CT molecular complexity index is 1290. The van der Waals surface area contributed by atoms with Crippen LogP contribution >= 0.6 is 0 Å². The van der Waals surface area contributed by atoms with Gasteiger partial charge in [-0.25, -0.2) is 5.10 Å². The third kappa shape index (κ3) is 6.44. The Morgan fingerprint density at radius 3 is 2.44 bits per heavy atom. The van der Waals surface area contributed by atoms with Crippen molar-refractivity contribution in [2.75, 3.05) is 18.5 Å². The van der Waals surface area contributed by atoms with Crippen molar-refractivity contribution in [3.8, 4) is 28.6 Å². The van der Waals surface area contributed by atoms with Crippen molar-refractivity contribution in [3.63, 3.8) is 0 Å². The number of hydrogen-bond acceptors (Lipinski definition) is 8. The zero-order chi connectivity index (χ0) is 25.2. The van der Waals surface area contributed by atoms with Crippen LogP contribution in [0.5, 0.6) is 17.2 Å². The van der Waals surface area contributed by atoms with Gasteiger partial charge in [0.2, 0.25) is 0 Å². The molecule has 1 heterocycles. The molecule has 0 bridgehead atoms.